The Morgan fingerprint density at radius 3 is 2.37 bits per heavy atom. The van der Waals surface area contributed by atoms with Crippen molar-refractivity contribution < 1.29 is 4.79 Å². The number of anilines is 2. The molecule has 1 aliphatic carbocycles. The van der Waals surface area contributed by atoms with Crippen LogP contribution < -0.4 is 10.9 Å². The molecule has 3 aromatic heterocycles. The van der Waals surface area contributed by atoms with Crippen LogP contribution in [0.1, 0.15) is 79.4 Å². The molecule has 9 nitrogen and oxygen atoms in total. The van der Waals surface area contributed by atoms with Gasteiger partial charge in [-0.1, -0.05) is 18.9 Å². The van der Waals surface area contributed by atoms with Crippen LogP contribution in [0.15, 0.2) is 29.3 Å². The molecule has 0 atom stereocenters. The summed E-state index contributed by atoms with van der Waals surface area (Å²) in [7, 11) is 0. The van der Waals surface area contributed by atoms with E-state index in [4.69, 9.17) is 4.98 Å². The van der Waals surface area contributed by atoms with Gasteiger partial charge in [-0.05, 0) is 89.3 Å². The van der Waals surface area contributed by atoms with Crippen molar-refractivity contribution in [3.05, 3.63) is 51.6 Å². The zero-order chi connectivity index (χ0) is 26.2. The number of fused-ring (bicyclic) bond motifs is 1. The van der Waals surface area contributed by atoms with Crippen molar-refractivity contribution in [3.8, 4) is 0 Å². The molecule has 5 heterocycles. The summed E-state index contributed by atoms with van der Waals surface area (Å²) in [5.41, 5.74) is 2.43. The van der Waals surface area contributed by atoms with Gasteiger partial charge in [-0.2, -0.15) is 4.98 Å². The van der Waals surface area contributed by atoms with Crippen molar-refractivity contribution in [2.24, 2.45) is 0 Å². The molecule has 0 radical (unpaired) electrons. The first-order valence-corrected chi connectivity index (χ1v) is 14.1. The number of carbonyl (C=O) groups is 1. The third-order valence-corrected chi connectivity index (χ3v) is 8.69. The molecule has 0 aromatic carbocycles. The fourth-order valence-corrected chi connectivity index (χ4v) is 6.42. The second kappa shape index (κ2) is 10.5. The SMILES string of the molecule is CC(=O)c1c(C)c2cnc(Nc3ccc(CN4CCC(N5CCC5)CC4)cn3)nc2n(C2CCCC2)c1=O. The largest absolute Gasteiger partial charge is 0.309 e. The molecule has 0 unspecified atom stereocenters. The third-order valence-electron chi connectivity index (χ3n) is 8.69. The van der Waals surface area contributed by atoms with E-state index in [2.05, 4.69) is 31.2 Å². The second-order valence-electron chi connectivity index (χ2n) is 11.2. The van der Waals surface area contributed by atoms with E-state index in [-0.39, 0.29) is 22.9 Å². The monoisotopic (exact) mass is 515 g/mol. The molecular formula is C29H37N7O2. The van der Waals surface area contributed by atoms with Crippen molar-refractivity contribution in [2.45, 2.75) is 77.4 Å². The molecule has 0 bridgehead atoms. The number of nitrogens with zero attached hydrogens (tertiary/aromatic N) is 6. The van der Waals surface area contributed by atoms with Crippen LogP contribution in [0.4, 0.5) is 11.8 Å². The van der Waals surface area contributed by atoms with Crippen LogP contribution in [0.25, 0.3) is 11.0 Å². The van der Waals surface area contributed by atoms with Gasteiger partial charge < -0.3 is 10.2 Å². The lowest BCUT2D eigenvalue weighted by Crippen LogP contribution is -2.50. The number of hydrogen-bond donors (Lipinski definition) is 1. The van der Waals surface area contributed by atoms with Crippen LogP contribution in [-0.2, 0) is 6.54 Å². The van der Waals surface area contributed by atoms with Gasteiger partial charge in [0.25, 0.3) is 5.56 Å². The minimum Gasteiger partial charge on any atom is -0.309 e. The van der Waals surface area contributed by atoms with E-state index in [9.17, 15) is 9.59 Å². The standard InChI is InChI=1S/C29H37N7O2/c1-19-24-17-31-29(33-27(24)36(23-6-3-4-7-23)28(38)26(19)20(2)37)32-25-9-8-21(16-30-25)18-34-14-10-22(11-15-34)35-12-5-13-35/h8-9,16-17,22-23H,3-7,10-15,18H2,1-2H3,(H,30,31,32,33). The molecule has 9 heteroatoms. The number of Topliss-reactive ketones (excluding diaryl/α,β-unsaturated/α-hetero) is 1. The molecule has 2 aliphatic heterocycles. The lowest BCUT2D eigenvalue weighted by molar-refractivity contribution is 0.0612. The highest BCUT2D eigenvalue weighted by molar-refractivity contribution is 5.99. The summed E-state index contributed by atoms with van der Waals surface area (Å²) in [6, 6.07) is 4.90. The fraction of sp³-hybridized carbons (Fsp3) is 0.552. The van der Waals surface area contributed by atoms with Crippen LogP contribution in [0.3, 0.4) is 0 Å². The molecule has 3 aromatic rings. The van der Waals surface area contributed by atoms with Crippen LogP contribution in [0.5, 0.6) is 0 Å². The Bertz CT molecular complexity index is 1380. The molecular weight excluding hydrogens is 478 g/mol. The third kappa shape index (κ3) is 4.85. The predicted molar refractivity (Wildman–Crippen MR) is 148 cm³/mol. The number of likely N-dealkylation sites (tertiary alicyclic amines) is 2. The Balaban J connectivity index is 1.19. The number of aryl methyl sites for hydroxylation is 1. The van der Waals surface area contributed by atoms with Gasteiger partial charge in [0.1, 0.15) is 11.5 Å². The fourth-order valence-electron chi connectivity index (χ4n) is 6.42. The second-order valence-corrected chi connectivity index (χ2v) is 11.2. The molecule has 3 fully saturated rings. The van der Waals surface area contributed by atoms with Gasteiger partial charge in [-0.25, -0.2) is 9.97 Å². The first-order chi connectivity index (χ1) is 18.5. The van der Waals surface area contributed by atoms with Crippen molar-refractivity contribution in [1.29, 1.82) is 0 Å². The number of carbonyl (C=O) groups excluding carboxylic acids is 1. The maximum atomic E-state index is 13.4. The van der Waals surface area contributed by atoms with Gasteiger partial charge in [-0.3, -0.25) is 19.1 Å². The van der Waals surface area contributed by atoms with Crippen molar-refractivity contribution in [1.82, 2.24) is 29.3 Å². The zero-order valence-electron chi connectivity index (χ0n) is 22.4. The van der Waals surface area contributed by atoms with Crippen molar-refractivity contribution >= 4 is 28.6 Å². The van der Waals surface area contributed by atoms with Crippen molar-refractivity contribution in [3.63, 3.8) is 0 Å². The van der Waals surface area contributed by atoms with E-state index >= 15 is 0 Å². The van der Waals surface area contributed by atoms with E-state index in [1.807, 2.05) is 19.2 Å². The highest BCUT2D eigenvalue weighted by Crippen LogP contribution is 2.32. The molecule has 6 rings (SSSR count). The summed E-state index contributed by atoms with van der Waals surface area (Å²) >= 11 is 0. The molecule has 3 aliphatic rings. The average molecular weight is 516 g/mol. The molecule has 2 saturated heterocycles. The van der Waals surface area contributed by atoms with Gasteiger partial charge >= 0.3 is 0 Å². The summed E-state index contributed by atoms with van der Waals surface area (Å²) in [6.45, 7) is 9.01. The van der Waals surface area contributed by atoms with Gasteiger partial charge in [0.05, 0.1) is 5.56 Å². The number of rotatable bonds is 7. The summed E-state index contributed by atoms with van der Waals surface area (Å²) < 4.78 is 1.74. The minimum absolute atomic E-state index is 0.0554. The van der Waals surface area contributed by atoms with Crippen molar-refractivity contribution in [2.75, 3.05) is 31.5 Å². The first-order valence-electron chi connectivity index (χ1n) is 14.1. The molecule has 1 N–H and O–H groups in total. The topological polar surface area (TPSA) is 96.2 Å². The Labute approximate surface area is 223 Å². The van der Waals surface area contributed by atoms with Crippen LogP contribution >= 0.6 is 0 Å². The number of aromatic nitrogens is 4. The molecule has 38 heavy (non-hydrogen) atoms. The van der Waals surface area contributed by atoms with E-state index in [1.54, 1.807) is 10.8 Å². The average Bonchev–Trinajstić information content (AvgIpc) is 3.40. The Morgan fingerprint density at radius 2 is 1.74 bits per heavy atom. The number of nitrogens with one attached hydrogen (secondary N) is 1. The van der Waals surface area contributed by atoms with Gasteiger partial charge in [0, 0.05) is 36.4 Å². The van der Waals surface area contributed by atoms with E-state index in [0.717, 1.165) is 56.7 Å². The first kappa shape index (κ1) is 25.1. The van der Waals surface area contributed by atoms with Gasteiger partial charge in [0.2, 0.25) is 5.95 Å². The van der Waals surface area contributed by atoms with Gasteiger partial charge in [-0.15, -0.1) is 0 Å². The number of pyridine rings is 2. The highest BCUT2D eigenvalue weighted by Gasteiger charge is 2.28. The molecule has 1 saturated carbocycles. The molecule has 0 spiro atoms. The normalized spacial score (nSPS) is 19.6. The van der Waals surface area contributed by atoms with E-state index in [0.29, 0.717) is 23.0 Å². The lowest BCUT2D eigenvalue weighted by atomic mass is 9.99. The Hall–Kier alpha value is -3.17. The summed E-state index contributed by atoms with van der Waals surface area (Å²) in [6.07, 6.45) is 11.5. The summed E-state index contributed by atoms with van der Waals surface area (Å²) in [5, 5.41) is 3.96. The predicted octanol–water partition coefficient (Wildman–Crippen LogP) is 4.23. The maximum absolute atomic E-state index is 13.4. The summed E-state index contributed by atoms with van der Waals surface area (Å²) in [5.74, 6) is 0.844. The lowest BCUT2D eigenvalue weighted by Gasteiger charge is -2.43. The number of hydrogen-bond acceptors (Lipinski definition) is 8. The Kier molecular flexibility index (Phi) is 6.97. The van der Waals surface area contributed by atoms with Crippen LogP contribution in [-0.4, -0.2) is 67.3 Å². The maximum Gasteiger partial charge on any atom is 0.263 e. The zero-order valence-corrected chi connectivity index (χ0v) is 22.4. The number of piperidine rings is 1. The summed E-state index contributed by atoms with van der Waals surface area (Å²) in [4.78, 5) is 44.8. The minimum atomic E-state index is -0.240. The highest BCUT2D eigenvalue weighted by atomic mass is 16.1. The van der Waals surface area contributed by atoms with E-state index in [1.165, 1.54) is 44.8 Å². The molecule has 0 amide bonds. The van der Waals surface area contributed by atoms with Crippen LogP contribution in [0.2, 0.25) is 0 Å². The molecule has 200 valence electrons. The van der Waals surface area contributed by atoms with Crippen LogP contribution in [0, 0.1) is 6.92 Å². The smallest absolute Gasteiger partial charge is 0.263 e. The quantitative estimate of drug-likeness (QED) is 0.467. The number of ketones is 1. The Morgan fingerprint density at radius 1 is 0.974 bits per heavy atom. The van der Waals surface area contributed by atoms with Gasteiger partial charge in [0.15, 0.2) is 5.78 Å². The van der Waals surface area contributed by atoms with E-state index < -0.39 is 0 Å².